The first-order valence-electron chi connectivity index (χ1n) is 6.04. The molecule has 2 unspecified atom stereocenters. The first-order valence-corrected chi connectivity index (χ1v) is 6.04. The zero-order valence-electron chi connectivity index (χ0n) is 11.5. The Kier molecular flexibility index (Phi) is 4.82. The molecule has 0 aromatic carbocycles. The van der Waals surface area contributed by atoms with E-state index in [1.54, 1.807) is 45.3 Å². The zero-order chi connectivity index (χ0) is 14.5. The van der Waals surface area contributed by atoms with Crippen molar-refractivity contribution in [3.8, 4) is 6.07 Å². The molecule has 4 nitrogen and oxygen atoms in total. The molecule has 2 atom stereocenters. The van der Waals surface area contributed by atoms with E-state index in [1.807, 2.05) is 12.1 Å². The average molecular weight is 258 g/mol. The lowest BCUT2D eigenvalue weighted by atomic mass is 9.88. The molecule has 0 amide bonds. The molecule has 0 radical (unpaired) electrons. The van der Waals surface area contributed by atoms with Gasteiger partial charge in [-0.1, -0.05) is 12.1 Å². The van der Waals surface area contributed by atoms with Gasteiger partial charge in [0.05, 0.1) is 6.07 Å². The molecule has 0 saturated heterocycles. The number of carbonyl (C=O) groups is 1. The molecule has 0 N–H and O–H groups in total. The van der Waals surface area contributed by atoms with Crippen LogP contribution in [0.25, 0.3) is 0 Å². The summed E-state index contributed by atoms with van der Waals surface area (Å²) < 4.78 is 5.27. The highest BCUT2D eigenvalue weighted by Gasteiger charge is 2.31. The monoisotopic (exact) mass is 258 g/mol. The molecule has 0 aliphatic carbocycles. The van der Waals surface area contributed by atoms with E-state index in [-0.39, 0.29) is 0 Å². The maximum atomic E-state index is 12.1. The van der Waals surface area contributed by atoms with Crippen LogP contribution in [0.5, 0.6) is 0 Å². The van der Waals surface area contributed by atoms with Gasteiger partial charge in [-0.15, -0.1) is 6.58 Å². The third-order valence-corrected chi connectivity index (χ3v) is 2.48. The molecule has 0 bridgehead atoms. The van der Waals surface area contributed by atoms with Gasteiger partial charge in [0.2, 0.25) is 0 Å². The van der Waals surface area contributed by atoms with Gasteiger partial charge in [-0.05, 0) is 32.4 Å². The van der Waals surface area contributed by atoms with Crippen LogP contribution in [-0.4, -0.2) is 16.6 Å². The van der Waals surface area contributed by atoms with E-state index in [2.05, 4.69) is 11.6 Å². The number of rotatable bonds is 4. The number of hydrogen-bond acceptors (Lipinski definition) is 4. The van der Waals surface area contributed by atoms with Crippen LogP contribution in [0.3, 0.4) is 0 Å². The molecule has 0 aliphatic rings. The van der Waals surface area contributed by atoms with Crippen molar-refractivity contribution < 1.29 is 9.53 Å². The van der Waals surface area contributed by atoms with Crippen LogP contribution in [0.4, 0.5) is 0 Å². The molecule has 0 aliphatic heterocycles. The summed E-state index contributed by atoms with van der Waals surface area (Å²) in [6.45, 7) is 9.01. The second kappa shape index (κ2) is 6.14. The summed E-state index contributed by atoms with van der Waals surface area (Å²) in [6, 6.07) is 5.57. The molecular formula is C15H18N2O2. The van der Waals surface area contributed by atoms with Gasteiger partial charge in [-0.3, -0.25) is 9.78 Å². The number of pyridine rings is 1. The molecule has 0 saturated carbocycles. The topological polar surface area (TPSA) is 63.0 Å². The van der Waals surface area contributed by atoms with Gasteiger partial charge in [-0.2, -0.15) is 5.26 Å². The van der Waals surface area contributed by atoms with Gasteiger partial charge in [0.1, 0.15) is 5.60 Å². The zero-order valence-corrected chi connectivity index (χ0v) is 11.5. The molecule has 1 aromatic rings. The minimum Gasteiger partial charge on any atom is -0.459 e. The summed E-state index contributed by atoms with van der Waals surface area (Å²) in [6.07, 6.45) is 4.84. The number of aromatic nitrogens is 1. The Bertz CT molecular complexity index is 483. The van der Waals surface area contributed by atoms with Crippen LogP contribution >= 0.6 is 0 Å². The van der Waals surface area contributed by atoms with Gasteiger partial charge in [0, 0.05) is 18.3 Å². The lowest BCUT2D eigenvalue weighted by molar-refractivity contribution is -0.158. The molecule has 1 aromatic heterocycles. The van der Waals surface area contributed by atoms with E-state index in [0.717, 1.165) is 5.56 Å². The second-order valence-corrected chi connectivity index (χ2v) is 5.19. The van der Waals surface area contributed by atoms with E-state index in [1.165, 1.54) is 0 Å². The summed E-state index contributed by atoms with van der Waals surface area (Å²) in [5, 5.41) is 9.24. The number of hydrogen-bond donors (Lipinski definition) is 0. The van der Waals surface area contributed by atoms with E-state index in [9.17, 15) is 10.1 Å². The van der Waals surface area contributed by atoms with Crippen LogP contribution < -0.4 is 0 Å². The lowest BCUT2D eigenvalue weighted by Gasteiger charge is -2.24. The van der Waals surface area contributed by atoms with Crippen LogP contribution in [0.1, 0.15) is 32.3 Å². The van der Waals surface area contributed by atoms with Crippen LogP contribution in [-0.2, 0) is 9.53 Å². The Morgan fingerprint density at radius 1 is 1.58 bits per heavy atom. The minimum absolute atomic E-state index is 0.423. The van der Waals surface area contributed by atoms with E-state index >= 15 is 0 Å². The Morgan fingerprint density at radius 2 is 2.26 bits per heavy atom. The van der Waals surface area contributed by atoms with Crippen molar-refractivity contribution in [3.63, 3.8) is 0 Å². The third kappa shape index (κ3) is 4.22. The molecule has 1 heterocycles. The Balaban J connectivity index is 2.98. The molecule has 4 heteroatoms. The number of carbonyl (C=O) groups excluding carboxylic acids is 1. The fourth-order valence-corrected chi connectivity index (χ4v) is 1.68. The highest BCUT2D eigenvalue weighted by molar-refractivity contribution is 5.77. The number of ether oxygens (including phenoxy) is 1. The predicted octanol–water partition coefficient (Wildman–Crippen LogP) is 2.83. The maximum Gasteiger partial charge on any atom is 0.324 e. The fourth-order valence-electron chi connectivity index (χ4n) is 1.68. The molecule has 0 spiro atoms. The first-order chi connectivity index (χ1) is 8.89. The third-order valence-electron chi connectivity index (χ3n) is 2.48. The molecule has 1 rings (SSSR count). The van der Waals surface area contributed by atoms with Crippen molar-refractivity contribution in [2.75, 3.05) is 0 Å². The standard InChI is InChI=1S/C15H18N2O2/c1-5-12(11-7-6-8-17-10-11)13(9-16)14(18)19-15(2,3)4/h5-8,10,12-13H,1H2,2-4H3. The Labute approximate surface area is 113 Å². The van der Waals surface area contributed by atoms with Crippen LogP contribution in [0.2, 0.25) is 0 Å². The smallest absolute Gasteiger partial charge is 0.324 e. The molecule has 0 fully saturated rings. The normalized spacial score (nSPS) is 14.0. The average Bonchev–Trinajstić information content (AvgIpc) is 2.34. The van der Waals surface area contributed by atoms with Gasteiger partial charge in [0.15, 0.2) is 5.92 Å². The van der Waals surface area contributed by atoms with Crippen molar-refractivity contribution in [1.29, 1.82) is 5.26 Å². The summed E-state index contributed by atoms with van der Waals surface area (Å²) in [5.74, 6) is -1.88. The van der Waals surface area contributed by atoms with E-state index in [4.69, 9.17) is 4.74 Å². The number of allylic oxidation sites excluding steroid dienone is 1. The summed E-state index contributed by atoms with van der Waals surface area (Å²) >= 11 is 0. The summed E-state index contributed by atoms with van der Waals surface area (Å²) in [5.41, 5.74) is 0.155. The minimum atomic E-state index is -0.916. The Morgan fingerprint density at radius 3 is 2.68 bits per heavy atom. The SMILES string of the molecule is C=CC(c1cccnc1)C(C#N)C(=O)OC(C)(C)C. The van der Waals surface area contributed by atoms with Crippen molar-refractivity contribution in [2.24, 2.45) is 5.92 Å². The van der Waals surface area contributed by atoms with Crippen molar-refractivity contribution in [1.82, 2.24) is 4.98 Å². The van der Waals surface area contributed by atoms with Gasteiger partial charge >= 0.3 is 5.97 Å². The molecule has 19 heavy (non-hydrogen) atoms. The van der Waals surface area contributed by atoms with Crippen molar-refractivity contribution in [2.45, 2.75) is 32.3 Å². The summed E-state index contributed by atoms with van der Waals surface area (Å²) in [4.78, 5) is 16.0. The number of nitriles is 1. The quantitative estimate of drug-likeness (QED) is 0.615. The van der Waals surface area contributed by atoms with Gasteiger partial charge in [-0.25, -0.2) is 0 Å². The highest BCUT2D eigenvalue weighted by Crippen LogP contribution is 2.27. The fraction of sp³-hybridized carbons (Fsp3) is 0.400. The van der Waals surface area contributed by atoms with Crippen molar-refractivity contribution >= 4 is 5.97 Å². The number of nitrogens with zero attached hydrogens (tertiary/aromatic N) is 2. The molecule has 100 valence electrons. The van der Waals surface area contributed by atoms with E-state index in [0.29, 0.717) is 0 Å². The van der Waals surface area contributed by atoms with Crippen LogP contribution in [0.15, 0.2) is 37.2 Å². The van der Waals surface area contributed by atoms with E-state index < -0.39 is 23.4 Å². The highest BCUT2D eigenvalue weighted by atomic mass is 16.6. The largest absolute Gasteiger partial charge is 0.459 e. The van der Waals surface area contributed by atoms with Crippen LogP contribution in [0, 0.1) is 17.2 Å². The molecular weight excluding hydrogens is 240 g/mol. The predicted molar refractivity (Wildman–Crippen MR) is 72.1 cm³/mol. The van der Waals surface area contributed by atoms with Gasteiger partial charge in [0.25, 0.3) is 0 Å². The lowest BCUT2D eigenvalue weighted by Crippen LogP contribution is -2.30. The van der Waals surface area contributed by atoms with Gasteiger partial charge < -0.3 is 4.74 Å². The maximum absolute atomic E-state index is 12.1. The summed E-state index contributed by atoms with van der Waals surface area (Å²) in [7, 11) is 0. The number of esters is 1. The van der Waals surface area contributed by atoms with Crippen molar-refractivity contribution in [3.05, 3.63) is 42.7 Å². The first kappa shape index (κ1) is 14.9. The second-order valence-electron chi connectivity index (χ2n) is 5.19. The Hall–Kier alpha value is -2.15.